The number of rotatable bonds is 3. The second-order valence-electron chi connectivity index (χ2n) is 2.21. The van der Waals surface area contributed by atoms with E-state index in [0.717, 1.165) is 5.56 Å². The van der Waals surface area contributed by atoms with E-state index in [1.165, 1.54) is 7.11 Å². The molecule has 0 saturated carbocycles. The van der Waals surface area contributed by atoms with Gasteiger partial charge in [-0.1, -0.05) is 11.6 Å². The number of methoxy groups -OCH3 is 1. The fourth-order valence-electron chi connectivity index (χ4n) is 0.793. The molecule has 1 aromatic heterocycles. The summed E-state index contributed by atoms with van der Waals surface area (Å²) in [6.45, 7) is 0.537. The van der Waals surface area contributed by atoms with Gasteiger partial charge in [-0.05, 0) is 13.0 Å². The summed E-state index contributed by atoms with van der Waals surface area (Å²) in [5, 5.41) is 0.410. The van der Waals surface area contributed by atoms with Crippen LogP contribution in [0, 0.1) is 0 Å². The molecule has 0 unspecified atom stereocenters. The Morgan fingerprint density at radius 2 is 2.42 bits per heavy atom. The normalized spacial score (nSPS) is 9.92. The van der Waals surface area contributed by atoms with E-state index in [2.05, 4.69) is 9.97 Å². The van der Waals surface area contributed by atoms with Crippen molar-refractivity contribution >= 4 is 11.6 Å². The largest absolute Gasteiger partial charge is 0.467 e. The summed E-state index contributed by atoms with van der Waals surface area (Å²) in [7, 11) is 1.49. The summed E-state index contributed by atoms with van der Waals surface area (Å²) < 4.78 is 4.79. The van der Waals surface area contributed by atoms with E-state index < -0.39 is 0 Å². The molecule has 0 amide bonds. The minimum Gasteiger partial charge on any atom is -0.467 e. The molecule has 0 spiro atoms. The van der Waals surface area contributed by atoms with Crippen LogP contribution < -0.4 is 10.5 Å². The lowest BCUT2D eigenvalue weighted by Crippen LogP contribution is -2.05. The zero-order valence-electron chi connectivity index (χ0n) is 6.75. The van der Waals surface area contributed by atoms with E-state index in [-0.39, 0.29) is 6.01 Å². The Morgan fingerprint density at radius 3 is 2.92 bits per heavy atom. The average Bonchev–Trinajstić information content (AvgIpc) is 2.09. The SMILES string of the molecule is COc1ncc(CCN)c(Cl)n1. The third kappa shape index (κ3) is 2.06. The van der Waals surface area contributed by atoms with Crippen LogP contribution in [0.4, 0.5) is 0 Å². The van der Waals surface area contributed by atoms with E-state index in [0.29, 0.717) is 18.1 Å². The highest BCUT2D eigenvalue weighted by Gasteiger charge is 2.03. The number of nitrogens with two attached hydrogens (primary N) is 1. The van der Waals surface area contributed by atoms with Crippen molar-refractivity contribution in [2.24, 2.45) is 5.73 Å². The molecule has 0 bridgehead atoms. The molecule has 0 aliphatic heterocycles. The lowest BCUT2D eigenvalue weighted by molar-refractivity contribution is 0.379. The predicted octanol–water partition coefficient (Wildman–Crippen LogP) is 0.640. The Kier molecular flexibility index (Phi) is 3.25. The van der Waals surface area contributed by atoms with Crippen molar-refractivity contribution in [3.63, 3.8) is 0 Å². The van der Waals surface area contributed by atoms with E-state index in [9.17, 15) is 0 Å². The van der Waals surface area contributed by atoms with Gasteiger partial charge in [-0.25, -0.2) is 4.98 Å². The van der Waals surface area contributed by atoms with Crippen molar-refractivity contribution in [1.82, 2.24) is 9.97 Å². The van der Waals surface area contributed by atoms with Crippen molar-refractivity contribution in [2.45, 2.75) is 6.42 Å². The van der Waals surface area contributed by atoms with E-state index >= 15 is 0 Å². The number of hydrogen-bond donors (Lipinski definition) is 1. The lowest BCUT2D eigenvalue weighted by atomic mass is 10.2. The van der Waals surface area contributed by atoms with Gasteiger partial charge < -0.3 is 10.5 Å². The Labute approximate surface area is 75.7 Å². The number of halogens is 1. The van der Waals surface area contributed by atoms with E-state index in [1.807, 2.05) is 0 Å². The molecule has 2 N–H and O–H groups in total. The van der Waals surface area contributed by atoms with Gasteiger partial charge in [0.2, 0.25) is 0 Å². The predicted molar refractivity (Wildman–Crippen MR) is 46.4 cm³/mol. The molecule has 0 aliphatic carbocycles. The van der Waals surface area contributed by atoms with Gasteiger partial charge in [0.15, 0.2) is 0 Å². The lowest BCUT2D eigenvalue weighted by Gasteiger charge is -2.02. The molecule has 0 radical (unpaired) electrons. The molecule has 12 heavy (non-hydrogen) atoms. The molecule has 0 saturated heterocycles. The van der Waals surface area contributed by atoms with E-state index in [4.69, 9.17) is 22.1 Å². The number of hydrogen-bond acceptors (Lipinski definition) is 4. The van der Waals surface area contributed by atoms with Crippen LogP contribution in [0.3, 0.4) is 0 Å². The van der Waals surface area contributed by atoms with Crippen LogP contribution in [0.2, 0.25) is 5.15 Å². The summed E-state index contributed by atoms with van der Waals surface area (Å²) in [6.07, 6.45) is 2.31. The van der Waals surface area contributed by atoms with Gasteiger partial charge >= 0.3 is 6.01 Å². The van der Waals surface area contributed by atoms with E-state index in [1.54, 1.807) is 6.20 Å². The Bertz CT molecular complexity index is 267. The topological polar surface area (TPSA) is 61.0 Å². The fraction of sp³-hybridized carbons (Fsp3) is 0.429. The van der Waals surface area contributed by atoms with Crippen LogP contribution in [0.25, 0.3) is 0 Å². The first-order valence-corrected chi connectivity index (χ1v) is 3.91. The first kappa shape index (κ1) is 9.22. The summed E-state index contributed by atoms with van der Waals surface area (Å²) in [5.74, 6) is 0. The van der Waals surface area contributed by atoms with Crippen LogP contribution in [0.1, 0.15) is 5.56 Å². The van der Waals surface area contributed by atoms with Crippen molar-refractivity contribution in [3.8, 4) is 6.01 Å². The van der Waals surface area contributed by atoms with Crippen LogP contribution in [0.5, 0.6) is 6.01 Å². The summed E-state index contributed by atoms with van der Waals surface area (Å²) in [4.78, 5) is 7.79. The smallest absolute Gasteiger partial charge is 0.317 e. The van der Waals surface area contributed by atoms with Gasteiger partial charge in [-0.3, -0.25) is 0 Å². The molecule has 1 heterocycles. The zero-order valence-corrected chi connectivity index (χ0v) is 7.51. The van der Waals surface area contributed by atoms with Crippen molar-refractivity contribution < 1.29 is 4.74 Å². The quantitative estimate of drug-likeness (QED) is 0.706. The Morgan fingerprint density at radius 1 is 1.67 bits per heavy atom. The highest BCUT2D eigenvalue weighted by molar-refractivity contribution is 6.30. The van der Waals surface area contributed by atoms with Crippen LogP contribution >= 0.6 is 11.6 Å². The third-order valence-electron chi connectivity index (χ3n) is 1.39. The maximum absolute atomic E-state index is 5.80. The van der Waals surface area contributed by atoms with Gasteiger partial charge in [0.1, 0.15) is 5.15 Å². The molecule has 0 atom stereocenters. The highest BCUT2D eigenvalue weighted by atomic mass is 35.5. The summed E-state index contributed by atoms with van der Waals surface area (Å²) in [6, 6.07) is 0.278. The van der Waals surface area contributed by atoms with Crippen LogP contribution in [0.15, 0.2) is 6.20 Å². The molecule has 0 fully saturated rings. The number of ether oxygens (including phenoxy) is 1. The first-order valence-electron chi connectivity index (χ1n) is 3.53. The molecular weight excluding hydrogens is 178 g/mol. The van der Waals surface area contributed by atoms with Crippen molar-refractivity contribution in [3.05, 3.63) is 16.9 Å². The third-order valence-corrected chi connectivity index (χ3v) is 1.71. The number of aromatic nitrogens is 2. The maximum Gasteiger partial charge on any atom is 0.317 e. The van der Waals surface area contributed by atoms with Crippen molar-refractivity contribution in [2.75, 3.05) is 13.7 Å². The molecule has 1 aromatic rings. The van der Waals surface area contributed by atoms with Gasteiger partial charge in [-0.2, -0.15) is 4.98 Å². The number of nitrogens with zero attached hydrogens (tertiary/aromatic N) is 2. The summed E-state index contributed by atoms with van der Waals surface area (Å²) in [5.41, 5.74) is 6.20. The molecule has 5 heteroatoms. The second-order valence-corrected chi connectivity index (χ2v) is 2.57. The fourth-order valence-corrected chi connectivity index (χ4v) is 1.01. The first-order chi connectivity index (χ1) is 5.77. The van der Waals surface area contributed by atoms with Gasteiger partial charge in [0, 0.05) is 11.8 Å². The minimum absolute atomic E-state index is 0.278. The molecule has 1 rings (SSSR count). The monoisotopic (exact) mass is 187 g/mol. The van der Waals surface area contributed by atoms with Crippen molar-refractivity contribution in [1.29, 1.82) is 0 Å². The van der Waals surface area contributed by atoms with Gasteiger partial charge in [-0.15, -0.1) is 0 Å². The molecule has 0 aromatic carbocycles. The average molecular weight is 188 g/mol. The molecule has 66 valence electrons. The molecular formula is C7H10ClN3O. The standard InChI is InChI=1S/C7H10ClN3O/c1-12-7-10-4-5(2-3-9)6(8)11-7/h4H,2-3,9H2,1H3. The molecule has 0 aliphatic rings. The Balaban J connectivity index is 2.87. The maximum atomic E-state index is 5.80. The van der Waals surface area contributed by atoms with Gasteiger partial charge in [0.05, 0.1) is 7.11 Å². The summed E-state index contributed by atoms with van der Waals surface area (Å²) >= 11 is 5.80. The van der Waals surface area contributed by atoms with Crippen LogP contribution in [-0.4, -0.2) is 23.6 Å². The zero-order chi connectivity index (χ0) is 8.97. The van der Waals surface area contributed by atoms with Gasteiger partial charge in [0.25, 0.3) is 0 Å². The second kappa shape index (κ2) is 4.23. The van der Waals surface area contributed by atoms with Crippen LogP contribution in [-0.2, 0) is 6.42 Å². The minimum atomic E-state index is 0.278. The molecule has 4 nitrogen and oxygen atoms in total. The Hall–Kier alpha value is -0.870. The highest BCUT2D eigenvalue weighted by Crippen LogP contribution is 2.14.